The first-order chi connectivity index (χ1) is 11.2. The number of halogens is 1. The number of rotatable bonds is 2. The van der Waals surface area contributed by atoms with Crippen molar-refractivity contribution in [3.8, 4) is 0 Å². The molecule has 1 aliphatic heterocycles. The minimum absolute atomic E-state index is 0.0529. The van der Waals surface area contributed by atoms with Crippen LogP contribution in [0.25, 0.3) is 0 Å². The van der Waals surface area contributed by atoms with Gasteiger partial charge in [-0.2, -0.15) is 0 Å². The van der Waals surface area contributed by atoms with Gasteiger partial charge in [-0.05, 0) is 48.1 Å². The van der Waals surface area contributed by atoms with E-state index in [1.807, 2.05) is 12.1 Å². The number of carbonyl (C=O) groups is 1. The zero-order chi connectivity index (χ0) is 15.8. The maximum Gasteiger partial charge on any atom is 0.227 e. The second kappa shape index (κ2) is 5.69. The Kier molecular flexibility index (Phi) is 3.52. The Morgan fingerprint density at radius 3 is 2.61 bits per heavy atom. The molecule has 1 heterocycles. The van der Waals surface area contributed by atoms with Crippen LogP contribution in [0.15, 0.2) is 42.5 Å². The third-order valence-corrected chi connectivity index (χ3v) is 4.85. The predicted octanol–water partition coefficient (Wildman–Crippen LogP) is 3.01. The van der Waals surface area contributed by atoms with Crippen LogP contribution in [0.2, 0.25) is 0 Å². The fourth-order valence-electron chi connectivity index (χ4n) is 3.73. The maximum atomic E-state index is 13.4. The molecule has 23 heavy (non-hydrogen) atoms. The van der Waals surface area contributed by atoms with Crippen LogP contribution in [0.4, 0.5) is 10.1 Å². The molecule has 3 nitrogen and oxygen atoms in total. The first kappa shape index (κ1) is 14.2. The van der Waals surface area contributed by atoms with Gasteiger partial charge in [-0.1, -0.05) is 30.3 Å². The molecule has 1 unspecified atom stereocenters. The molecule has 1 aliphatic carbocycles. The second-order valence-corrected chi connectivity index (χ2v) is 6.38. The van der Waals surface area contributed by atoms with Crippen LogP contribution < -0.4 is 10.6 Å². The highest BCUT2D eigenvalue weighted by molar-refractivity contribution is 5.86. The molecule has 0 saturated heterocycles. The number of anilines is 1. The second-order valence-electron chi connectivity index (χ2n) is 6.38. The molecule has 1 amide bonds. The Bertz CT molecular complexity index is 734. The van der Waals surface area contributed by atoms with Crippen molar-refractivity contribution in [3.05, 3.63) is 65.0 Å². The van der Waals surface area contributed by atoms with E-state index in [2.05, 4.69) is 22.8 Å². The third-order valence-electron chi connectivity index (χ3n) is 4.85. The normalized spacial score (nSPS) is 19.6. The topological polar surface area (TPSA) is 41.1 Å². The number of nitrogens with one attached hydrogen (secondary N) is 2. The Hall–Kier alpha value is -2.36. The summed E-state index contributed by atoms with van der Waals surface area (Å²) in [6.07, 6.45) is 2.52. The maximum absolute atomic E-state index is 13.4. The lowest BCUT2D eigenvalue weighted by atomic mass is 9.90. The van der Waals surface area contributed by atoms with Gasteiger partial charge >= 0.3 is 0 Å². The highest BCUT2D eigenvalue weighted by Crippen LogP contribution is 2.32. The molecular formula is C19H19FN2O. The van der Waals surface area contributed by atoms with Crippen molar-refractivity contribution in [2.45, 2.75) is 31.2 Å². The lowest BCUT2D eigenvalue weighted by molar-refractivity contribution is -0.123. The minimum Gasteiger partial charge on any atom is -0.385 e. The van der Waals surface area contributed by atoms with Crippen molar-refractivity contribution in [1.82, 2.24) is 5.32 Å². The Morgan fingerprint density at radius 2 is 1.87 bits per heavy atom. The van der Waals surface area contributed by atoms with Gasteiger partial charge in [-0.3, -0.25) is 4.79 Å². The summed E-state index contributed by atoms with van der Waals surface area (Å²) in [4.78, 5) is 12.7. The molecule has 0 spiro atoms. The van der Waals surface area contributed by atoms with E-state index in [9.17, 15) is 9.18 Å². The smallest absolute Gasteiger partial charge is 0.227 e. The number of hydrogen-bond acceptors (Lipinski definition) is 2. The summed E-state index contributed by atoms with van der Waals surface area (Å²) in [7, 11) is 0. The van der Waals surface area contributed by atoms with Gasteiger partial charge in [-0.15, -0.1) is 0 Å². The van der Waals surface area contributed by atoms with E-state index >= 15 is 0 Å². The van der Waals surface area contributed by atoms with Crippen molar-refractivity contribution in [2.24, 2.45) is 0 Å². The minimum atomic E-state index is -0.274. The summed E-state index contributed by atoms with van der Waals surface area (Å²) in [5.74, 6) is -0.420. The lowest BCUT2D eigenvalue weighted by Crippen LogP contribution is -2.40. The standard InChI is InChI=1S/C19H19FN2O/c20-14-5-6-16-17(7-8-21-18(16)11-14)19(23)22-15-9-12-3-1-2-4-13(12)10-15/h1-6,11,15,17,21H,7-10H2,(H,22,23). The fraction of sp³-hybridized carbons (Fsp3) is 0.316. The number of benzene rings is 2. The number of fused-ring (bicyclic) bond motifs is 2. The molecule has 2 aromatic rings. The fourth-order valence-corrected chi connectivity index (χ4v) is 3.73. The van der Waals surface area contributed by atoms with E-state index in [-0.39, 0.29) is 23.7 Å². The van der Waals surface area contributed by atoms with Gasteiger partial charge in [0.05, 0.1) is 5.92 Å². The largest absolute Gasteiger partial charge is 0.385 e. The number of hydrogen-bond donors (Lipinski definition) is 2. The van der Waals surface area contributed by atoms with E-state index in [1.54, 1.807) is 6.07 Å². The van der Waals surface area contributed by atoms with Crippen molar-refractivity contribution < 1.29 is 9.18 Å². The van der Waals surface area contributed by atoms with Gasteiger partial charge in [-0.25, -0.2) is 4.39 Å². The average Bonchev–Trinajstić information content (AvgIpc) is 2.96. The molecule has 0 aromatic heterocycles. The van der Waals surface area contributed by atoms with Gasteiger partial charge in [0.25, 0.3) is 0 Å². The van der Waals surface area contributed by atoms with Gasteiger partial charge in [0.15, 0.2) is 0 Å². The van der Waals surface area contributed by atoms with Crippen molar-refractivity contribution in [3.63, 3.8) is 0 Å². The summed E-state index contributed by atoms with van der Waals surface area (Å²) in [5, 5.41) is 6.37. The summed E-state index contributed by atoms with van der Waals surface area (Å²) < 4.78 is 13.4. The molecular weight excluding hydrogens is 291 g/mol. The van der Waals surface area contributed by atoms with Crippen molar-refractivity contribution >= 4 is 11.6 Å². The van der Waals surface area contributed by atoms with Crippen LogP contribution in [-0.2, 0) is 17.6 Å². The Morgan fingerprint density at radius 1 is 1.13 bits per heavy atom. The van der Waals surface area contributed by atoms with E-state index in [1.165, 1.54) is 23.3 Å². The molecule has 0 bridgehead atoms. The summed E-state index contributed by atoms with van der Waals surface area (Å²) in [6.45, 7) is 0.694. The molecule has 2 N–H and O–H groups in total. The van der Waals surface area contributed by atoms with Crippen molar-refractivity contribution in [2.75, 3.05) is 11.9 Å². The molecule has 4 heteroatoms. The van der Waals surface area contributed by atoms with Crippen LogP contribution >= 0.6 is 0 Å². The highest BCUT2D eigenvalue weighted by atomic mass is 19.1. The molecule has 0 fully saturated rings. The summed E-state index contributed by atoms with van der Waals surface area (Å²) in [5.41, 5.74) is 4.29. The molecule has 1 atom stereocenters. The molecule has 4 rings (SSSR count). The molecule has 118 valence electrons. The van der Waals surface area contributed by atoms with E-state index in [0.717, 1.165) is 30.5 Å². The number of amides is 1. The van der Waals surface area contributed by atoms with Gasteiger partial charge in [0.2, 0.25) is 5.91 Å². The van der Waals surface area contributed by atoms with Crippen LogP contribution in [0.1, 0.15) is 29.0 Å². The summed E-state index contributed by atoms with van der Waals surface area (Å²) >= 11 is 0. The zero-order valence-electron chi connectivity index (χ0n) is 12.8. The van der Waals surface area contributed by atoms with Gasteiger partial charge < -0.3 is 10.6 Å². The van der Waals surface area contributed by atoms with Crippen LogP contribution in [0.5, 0.6) is 0 Å². The van der Waals surface area contributed by atoms with Crippen LogP contribution in [0.3, 0.4) is 0 Å². The molecule has 2 aliphatic rings. The zero-order valence-corrected chi connectivity index (χ0v) is 12.8. The summed E-state index contributed by atoms with van der Waals surface area (Å²) in [6, 6.07) is 13.1. The third kappa shape index (κ3) is 2.69. The highest BCUT2D eigenvalue weighted by Gasteiger charge is 2.30. The first-order valence-corrected chi connectivity index (χ1v) is 8.11. The molecule has 2 aromatic carbocycles. The first-order valence-electron chi connectivity index (χ1n) is 8.11. The van der Waals surface area contributed by atoms with E-state index in [0.29, 0.717) is 6.54 Å². The van der Waals surface area contributed by atoms with Gasteiger partial charge in [0.1, 0.15) is 5.82 Å². The van der Waals surface area contributed by atoms with Crippen LogP contribution in [-0.4, -0.2) is 18.5 Å². The Balaban J connectivity index is 1.49. The molecule has 0 radical (unpaired) electrons. The monoisotopic (exact) mass is 310 g/mol. The van der Waals surface area contributed by atoms with E-state index < -0.39 is 0 Å². The number of carbonyl (C=O) groups excluding carboxylic acids is 1. The SMILES string of the molecule is O=C(NC1Cc2ccccc2C1)C1CCNc2cc(F)ccc21. The Labute approximate surface area is 134 Å². The lowest BCUT2D eigenvalue weighted by Gasteiger charge is -2.27. The van der Waals surface area contributed by atoms with Crippen LogP contribution in [0, 0.1) is 5.82 Å². The quantitative estimate of drug-likeness (QED) is 0.895. The molecule has 0 saturated carbocycles. The van der Waals surface area contributed by atoms with Crippen molar-refractivity contribution in [1.29, 1.82) is 0 Å². The van der Waals surface area contributed by atoms with E-state index in [4.69, 9.17) is 0 Å². The average molecular weight is 310 g/mol. The predicted molar refractivity (Wildman–Crippen MR) is 88.0 cm³/mol. The van der Waals surface area contributed by atoms with Gasteiger partial charge in [0, 0.05) is 18.3 Å².